The molecule has 168 valence electrons. The van der Waals surface area contributed by atoms with E-state index in [9.17, 15) is 35.5 Å². The fourth-order valence-corrected chi connectivity index (χ4v) is 3.05. The van der Waals surface area contributed by atoms with Crippen molar-refractivity contribution in [2.45, 2.75) is 18.3 Å². The third kappa shape index (κ3) is 7.02. The molecule has 2 aromatic rings. The van der Waals surface area contributed by atoms with Crippen molar-refractivity contribution in [1.82, 2.24) is 5.32 Å². The van der Waals surface area contributed by atoms with Crippen molar-refractivity contribution in [3.63, 3.8) is 0 Å². The van der Waals surface area contributed by atoms with Gasteiger partial charge in [-0.05, 0) is 35.9 Å². The zero-order valence-electron chi connectivity index (χ0n) is 15.0. The van der Waals surface area contributed by atoms with E-state index in [1.807, 2.05) is 0 Å². The minimum Gasteiger partial charge on any atom is -0.343 e. The van der Waals surface area contributed by atoms with Gasteiger partial charge in [0.1, 0.15) is 18.3 Å². The molecule has 12 heteroatoms. The number of carbonyl (C=O) groups excluding carboxylic acids is 1. The number of benzene rings is 2. The molecule has 0 fully saturated rings. The fourth-order valence-electron chi connectivity index (χ4n) is 2.44. The number of carbonyl (C=O) groups is 1. The first-order valence-corrected chi connectivity index (χ1v) is 9.36. The molecule has 0 spiro atoms. The van der Waals surface area contributed by atoms with Gasteiger partial charge in [-0.15, -0.1) is 0 Å². The standard InChI is InChI=1S/C19H11Cl3F7NO/c20-13-5-11(6-14(21)16(13)22)12(19(27,28)29)7-15(23)9-1-3-10(4-2-9)17(31)30-8-18(24,25)26/h1-7,12H,8H2,(H,30,31). The summed E-state index contributed by atoms with van der Waals surface area (Å²) in [6, 6.07) is 5.70. The summed E-state index contributed by atoms with van der Waals surface area (Å²) in [5.74, 6) is -4.78. The van der Waals surface area contributed by atoms with Gasteiger partial charge in [-0.1, -0.05) is 46.9 Å². The zero-order chi connectivity index (χ0) is 23.6. The minimum absolute atomic E-state index is 0.156. The van der Waals surface area contributed by atoms with Crippen LogP contribution in [0.4, 0.5) is 30.7 Å². The van der Waals surface area contributed by atoms with Gasteiger partial charge >= 0.3 is 12.4 Å². The molecule has 0 aromatic heterocycles. The Labute approximate surface area is 186 Å². The van der Waals surface area contributed by atoms with Crippen LogP contribution in [-0.2, 0) is 0 Å². The highest BCUT2D eigenvalue weighted by molar-refractivity contribution is 6.48. The highest BCUT2D eigenvalue weighted by Crippen LogP contribution is 2.42. The molecule has 1 N–H and O–H groups in total. The Morgan fingerprint density at radius 2 is 1.42 bits per heavy atom. The van der Waals surface area contributed by atoms with Gasteiger partial charge in [0.2, 0.25) is 0 Å². The first kappa shape index (κ1) is 25.3. The topological polar surface area (TPSA) is 29.1 Å². The van der Waals surface area contributed by atoms with E-state index in [2.05, 4.69) is 0 Å². The third-order valence-electron chi connectivity index (χ3n) is 3.90. The van der Waals surface area contributed by atoms with E-state index in [1.54, 1.807) is 5.32 Å². The predicted octanol–water partition coefficient (Wildman–Crippen LogP) is 7.60. The summed E-state index contributed by atoms with van der Waals surface area (Å²) in [6.45, 7) is -1.57. The predicted molar refractivity (Wildman–Crippen MR) is 104 cm³/mol. The SMILES string of the molecule is O=C(NCC(F)(F)F)c1ccc(C(F)=CC(c2cc(Cl)c(Cl)c(Cl)c2)C(F)(F)F)cc1. The van der Waals surface area contributed by atoms with Gasteiger partial charge in [0.25, 0.3) is 5.91 Å². The molecule has 0 aliphatic rings. The quantitative estimate of drug-likeness (QED) is 0.327. The highest BCUT2D eigenvalue weighted by atomic mass is 35.5. The van der Waals surface area contributed by atoms with Gasteiger partial charge in [0, 0.05) is 11.1 Å². The van der Waals surface area contributed by atoms with E-state index in [0.717, 1.165) is 36.4 Å². The molecule has 0 radical (unpaired) electrons. The van der Waals surface area contributed by atoms with Crippen LogP contribution in [0.25, 0.3) is 5.83 Å². The van der Waals surface area contributed by atoms with Gasteiger partial charge in [-0.3, -0.25) is 4.79 Å². The Balaban J connectivity index is 2.31. The molecule has 0 saturated carbocycles. The average molecular weight is 509 g/mol. The van der Waals surface area contributed by atoms with Gasteiger partial charge < -0.3 is 5.32 Å². The highest BCUT2D eigenvalue weighted by Gasteiger charge is 2.40. The van der Waals surface area contributed by atoms with Crippen molar-refractivity contribution in [2.24, 2.45) is 0 Å². The molecule has 0 aliphatic heterocycles. The monoisotopic (exact) mass is 507 g/mol. The number of rotatable bonds is 5. The van der Waals surface area contributed by atoms with Gasteiger partial charge in [-0.2, -0.15) is 26.3 Å². The molecule has 0 heterocycles. The Kier molecular flexibility index (Phi) is 7.89. The number of hydrogen-bond donors (Lipinski definition) is 1. The van der Waals surface area contributed by atoms with Gasteiger partial charge in [0.05, 0.1) is 15.1 Å². The Hall–Kier alpha value is -1.97. The lowest BCUT2D eigenvalue weighted by molar-refractivity contribution is -0.139. The van der Waals surface area contributed by atoms with E-state index in [0.29, 0.717) is 0 Å². The van der Waals surface area contributed by atoms with Crippen molar-refractivity contribution < 1.29 is 35.5 Å². The van der Waals surface area contributed by atoms with Crippen molar-refractivity contribution in [3.8, 4) is 0 Å². The first-order valence-electron chi connectivity index (χ1n) is 8.23. The van der Waals surface area contributed by atoms with Gasteiger partial charge in [-0.25, -0.2) is 4.39 Å². The lowest BCUT2D eigenvalue weighted by Crippen LogP contribution is -2.33. The third-order valence-corrected chi connectivity index (χ3v) is 5.10. The number of alkyl halides is 6. The summed E-state index contributed by atoms with van der Waals surface area (Å²) in [7, 11) is 0. The van der Waals surface area contributed by atoms with Crippen molar-refractivity contribution in [1.29, 1.82) is 0 Å². The Bertz CT molecular complexity index is 962. The molecule has 0 saturated heterocycles. The number of amides is 1. The fraction of sp³-hybridized carbons (Fsp3) is 0.211. The van der Waals surface area contributed by atoms with Crippen LogP contribution in [-0.4, -0.2) is 24.8 Å². The minimum atomic E-state index is -4.91. The van der Waals surface area contributed by atoms with Crippen LogP contribution >= 0.6 is 34.8 Å². The van der Waals surface area contributed by atoms with Crippen LogP contribution < -0.4 is 5.32 Å². The number of allylic oxidation sites excluding steroid dienone is 1. The molecule has 1 amide bonds. The second-order valence-electron chi connectivity index (χ2n) is 6.21. The van der Waals surface area contributed by atoms with E-state index < -0.39 is 42.1 Å². The zero-order valence-corrected chi connectivity index (χ0v) is 17.3. The van der Waals surface area contributed by atoms with Gasteiger partial charge in [0.15, 0.2) is 0 Å². The summed E-state index contributed by atoms with van der Waals surface area (Å²) < 4.78 is 91.5. The summed E-state index contributed by atoms with van der Waals surface area (Å²) in [5.41, 5.74) is -1.01. The Morgan fingerprint density at radius 1 is 0.935 bits per heavy atom. The maximum Gasteiger partial charge on any atom is 0.405 e. The molecule has 2 nitrogen and oxygen atoms in total. The van der Waals surface area contributed by atoms with E-state index in [1.165, 1.54) is 0 Å². The van der Waals surface area contributed by atoms with E-state index >= 15 is 0 Å². The summed E-state index contributed by atoms with van der Waals surface area (Å²) in [6.07, 6.45) is -9.24. The average Bonchev–Trinajstić information content (AvgIpc) is 2.66. The molecule has 31 heavy (non-hydrogen) atoms. The summed E-state index contributed by atoms with van der Waals surface area (Å²) in [5, 5.41) is 0.966. The van der Waals surface area contributed by atoms with Crippen LogP contribution in [0, 0.1) is 0 Å². The van der Waals surface area contributed by atoms with Crippen molar-refractivity contribution in [3.05, 3.63) is 74.2 Å². The van der Waals surface area contributed by atoms with Crippen molar-refractivity contribution in [2.75, 3.05) is 6.54 Å². The lowest BCUT2D eigenvalue weighted by atomic mass is 9.96. The van der Waals surface area contributed by atoms with Crippen LogP contribution in [0.2, 0.25) is 15.1 Å². The number of hydrogen-bond acceptors (Lipinski definition) is 1. The number of halogens is 10. The molecular weight excluding hydrogens is 498 g/mol. The maximum absolute atomic E-state index is 14.5. The molecule has 1 unspecified atom stereocenters. The summed E-state index contributed by atoms with van der Waals surface area (Å²) in [4.78, 5) is 11.7. The lowest BCUT2D eigenvalue weighted by Gasteiger charge is -2.19. The van der Waals surface area contributed by atoms with Crippen LogP contribution in [0.3, 0.4) is 0 Å². The largest absolute Gasteiger partial charge is 0.405 e. The first-order chi connectivity index (χ1) is 14.2. The van der Waals surface area contributed by atoms with Crippen LogP contribution in [0.15, 0.2) is 42.5 Å². The van der Waals surface area contributed by atoms with E-state index in [-0.39, 0.29) is 32.3 Å². The van der Waals surface area contributed by atoms with E-state index in [4.69, 9.17) is 34.8 Å². The number of nitrogens with one attached hydrogen (secondary N) is 1. The molecule has 0 bridgehead atoms. The molecule has 1 atom stereocenters. The molecule has 2 rings (SSSR count). The van der Waals surface area contributed by atoms with Crippen molar-refractivity contribution >= 4 is 46.5 Å². The van der Waals surface area contributed by atoms with Crippen LogP contribution in [0.1, 0.15) is 27.4 Å². The second-order valence-corrected chi connectivity index (χ2v) is 7.40. The molecule has 0 aliphatic carbocycles. The maximum atomic E-state index is 14.5. The normalized spacial score (nSPS) is 13.8. The molecular formula is C19H11Cl3F7NO. The Morgan fingerprint density at radius 3 is 1.87 bits per heavy atom. The molecule has 2 aromatic carbocycles. The smallest absolute Gasteiger partial charge is 0.343 e. The second kappa shape index (κ2) is 9.67. The van der Waals surface area contributed by atoms with Crippen LogP contribution in [0.5, 0.6) is 0 Å². The summed E-state index contributed by atoms with van der Waals surface area (Å²) >= 11 is 17.3.